The van der Waals surface area contributed by atoms with E-state index < -0.39 is 28.7 Å². The maximum atomic E-state index is 13.8. The fourth-order valence-electron chi connectivity index (χ4n) is 3.76. The molecular weight excluding hydrogens is 464 g/mol. The highest BCUT2D eigenvalue weighted by atomic mass is 32.2. The molecule has 0 aliphatic rings. The standard InChI is InChI=1S/C26H38N4O4S/c1-7-16-27-26(32)23(8-2)29(18-22-12-10-9-11-13-22)25(31)19-30(35(33,34)28(5)6)24-17-20(3)14-15-21(24)4/h9-15,17,23H,7-8,16,18-19H2,1-6H3,(H,27,32)/t23-/m0/s1. The van der Waals surface area contributed by atoms with E-state index in [1.54, 1.807) is 6.07 Å². The molecule has 2 aromatic rings. The SMILES string of the molecule is CCCNC(=O)[C@H](CC)N(Cc1ccccc1)C(=O)CN(c1cc(C)ccc1C)S(=O)(=O)N(C)C. The molecule has 0 aliphatic heterocycles. The van der Waals surface area contributed by atoms with Crippen LogP contribution in [0.15, 0.2) is 48.5 Å². The molecule has 2 amide bonds. The lowest BCUT2D eigenvalue weighted by molar-refractivity contribution is -0.140. The van der Waals surface area contributed by atoms with Crippen molar-refractivity contribution in [2.75, 3.05) is 31.5 Å². The van der Waals surface area contributed by atoms with E-state index >= 15 is 0 Å². The topological polar surface area (TPSA) is 90.0 Å². The summed E-state index contributed by atoms with van der Waals surface area (Å²) in [5.74, 6) is -0.689. The third-order valence-electron chi connectivity index (χ3n) is 5.78. The number of carbonyl (C=O) groups excluding carboxylic acids is 2. The third kappa shape index (κ3) is 7.29. The van der Waals surface area contributed by atoms with Gasteiger partial charge >= 0.3 is 10.2 Å². The van der Waals surface area contributed by atoms with Gasteiger partial charge in [0.15, 0.2) is 0 Å². The van der Waals surface area contributed by atoms with Crippen molar-refractivity contribution in [2.45, 2.75) is 53.1 Å². The second-order valence-corrected chi connectivity index (χ2v) is 10.9. The number of amides is 2. The Morgan fingerprint density at radius 3 is 2.23 bits per heavy atom. The monoisotopic (exact) mass is 502 g/mol. The summed E-state index contributed by atoms with van der Waals surface area (Å²) in [7, 11) is -1.11. The number of aryl methyl sites for hydroxylation is 2. The summed E-state index contributed by atoms with van der Waals surface area (Å²) < 4.78 is 28.9. The normalized spacial score (nSPS) is 12.3. The van der Waals surface area contributed by atoms with Crippen molar-refractivity contribution in [3.8, 4) is 0 Å². The van der Waals surface area contributed by atoms with Gasteiger partial charge in [0.25, 0.3) is 0 Å². The minimum absolute atomic E-state index is 0.195. The number of nitrogens with one attached hydrogen (secondary N) is 1. The number of carbonyl (C=O) groups is 2. The lowest BCUT2D eigenvalue weighted by Crippen LogP contribution is -2.53. The van der Waals surface area contributed by atoms with Gasteiger partial charge in [-0.3, -0.25) is 9.59 Å². The zero-order chi connectivity index (χ0) is 26.2. The van der Waals surface area contributed by atoms with Crippen LogP contribution in [0.4, 0.5) is 5.69 Å². The molecule has 192 valence electrons. The molecule has 0 fully saturated rings. The van der Waals surface area contributed by atoms with Gasteiger partial charge in [-0.25, -0.2) is 4.31 Å². The largest absolute Gasteiger partial charge is 0.354 e. The fraction of sp³-hybridized carbons (Fsp3) is 0.462. The molecule has 0 bridgehead atoms. The predicted molar refractivity (Wildman–Crippen MR) is 140 cm³/mol. The minimum Gasteiger partial charge on any atom is -0.354 e. The van der Waals surface area contributed by atoms with E-state index in [9.17, 15) is 18.0 Å². The number of nitrogens with zero attached hydrogens (tertiary/aromatic N) is 3. The van der Waals surface area contributed by atoms with Crippen LogP contribution in [0.5, 0.6) is 0 Å². The van der Waals surface area contributed by atoms with Crippen LogP contribution < -0.4 is 9.62 Å². The van der Waals surface area contributed by atoms with E-state index in [1.807, 2.05) is 70.2 Å². The van der Waals surface area contributed by atoms with Crippen molar-refractivity contribution >= 4 is 27.7 Å². The van der Waals surface area contributed by atoms with Gasteiger partial charge in [-0.05, 0) is 49.4 Å². The number of anilines is 1. The van der Waals surface area contributed by atoms with Gasteiger partial charge < -0.3 is 10.2 Å². The Hall–Kier alpha value is -2.91. The van der Waals surface area contributed by atoms with Gasteiger partial charge in [-0.2, -0.15) is 12.7 Å². The molecule has 0 heterocycles. The van der Waals surface area contributed by atoms with Crippen LogP contribution in [-0.2, 0) is 26.3 Å². The van der Waals surface area contributed by atoms with Gasteiger partial charge in [0.05, 0.1) is 5.69 Å². The third-order valence-corrected chi connectivity index (χ3v) is 7.59. The van der Waals surface area contributed by atoms with Gasteiger partial charge in [0.2, 0.25) is 11.8 Å². The highest BCUT2D eigenvalue weighted by molar-refractivity contribution is 7.90. The molecule has 1 atom stereocenters. The highest BCUT2D eigenvalue weighted by Crippen LogP contribution is 2.26. The second-order valence-electron chi connectivity index (χ2n) is 8.81. The number of benzene rings is 2. The predicted octanol–water partition coefficient (Wildman–Crippen LogP) is 3.25. The molecule has 0 unspecified atom stereocenters. The van der Waals surface area contributed by atoms with Crippen LogP contribution in [0.2, 0.25) is 0 Å². The van der Waals surface area contributed by atoms with E-state index in [1.165, 1.54) is 19.0 Å². The molecular formula is C26H38N4O4S. The quantitative estimate of drug-likeness (QED) is 0.482. The van der Waals surface area contributed by atoms with Crippen molar-refractivity contribution in [3.63, 3.8) is 0 Å². The molecule has 8 nitrogen and oxygen atoms in total. The molecule has 0 spiro atoms. The molecule has 0 saturated carbocycles. The number of hydrogen-bond acceptors (Lipinski definition) is 4. The summed E-state index contributed by atoms with van der Waals surface area (Å²) in [6.07, 6.45) is 1.17. The first-order valence-corrected chi connectivity index (χ1v) is 13.3. The maximum Gasteiger partial charge on any atom is 0.304 e. The Bertz CT molecular complexity index is 1100. The Balaban J connectivity index is 2.51. The van der Waals surface area contributed by atoms with E-state index in [-0.39, 0.29) is 12.5 Å². The van der Waals surface area contributed by atoms with Gasteiger partial charge in [-0.15, -0.1) is 0 Å². The van der Waals surface area contributed by atoms with Crippen molar-refractivity contribution in [1.82, 2.24) is 14.5 Å². The molecule has 0 aromatic heterocycles. The maximum absolute atomic E-state index is 13.8. The number of rotatable bonds is 12. The van der Waals surface area contributed by atoms with Crippen LogP contribution in [0.25, 0.3) is 0 Å². The van der Waals surface area contributed by atoms with Crippen molar-refractivity contribution in [2.24, 2.45) is 0 Å². The molecule has 2 rings (SSSR count). The van der Waals surface area contributed by atoms with Crippen LogP contribution in [-0.4, -0.2) is 62.7 Å². The van der Waals surface area contributed by atoms with E-state index in [0.29, 0.717) is 18.7 Å². The fourth-order valence-corrected chi connectivity index (χ4v) is 4.87. The molecule has 9 heteroatoms. The van der Waals surface area contributed by atoms with E-state index in [4.69, 9.17) is 0 Å². The smallest absolute Gasteiger partial charge is 0.304 e. The summed E-state index contributed by atoms with van der Waals surface area (Å²) >= 11 is 0. The molecule has 35 heavy (non-hydrogen) atoms. The van der Waals surface area contributed by atoms with Crippen molar-refractivity contribution < 1.29 is 18.0 Å². The summed E-state index contributed by atoms with van der Waals surface area (Å²) in [5.41, 5.74) is 2.91. The van der Waals surface area contributed by atoms with Crippen molar-refractivity contribution in [1.29, 1.82) is 0 Å². The molecule has 0 saturated heterocycles. The molecule has 0 aliphatic carbocycles. The summed E-state index contributed by atoms with van der Waals surface area (Å²) in [4.78, 5) is 28.3. The first-order chi connectivity index (χ1) is 16.5. The first-order valence-electron chi connectivity index (χ1n) is 11.9. The minimum atomic E-state index is -3.98. The highest BCUT2D eigenvalue weighted by Gasteiger charge is 2.34. The zero-order valence-corrected chi connectivity index (χ0v) is 22.4. The van der Waals surface area contributed by atoms with Gasteiger partial charge in [0.1, 0.15) is 12.6 Å². The zero-order valence-electron chi connectivity index (χ0n) is 21.6. The summed E-state index contributed by atoms with van der Waals surface area (Å²) in [6.45, 7) is 7.77. The second kappa shape index (κ2) is 12.7. The first kappa shape index (κ1) is 28.3. The van der Waals surface area contributed by atoms with Crippen molar-refractivity contribution in [3.05, 3.63) is 65.2 Å². The van der Waals surface area contributed by atoms with Crippen LogP contribution in [0.3, 0.4) is 0 Å². The molecule has 0 radical (unpaired) electrons. The van der Waals surface area contributed by atoms with Crippen LogP contribution >= 0.6 is 0 Å². The lowest BCUT2D eigenvalue weighted by atomic mass is 10.1. The summed E-state index contributed by atoms with van der Waals surface area (Å²) in [5, 5.41) is 2.88. The molecule has 2 aromatic carbocycles. The number of hydrogen-bond donors (Lipinski definition) is 1. The Morgan fingerprint density at radius 1 is 1.00 bits per heavy atom. The lowest BCUT2D eigenvalue weighted by Gasteiger charge is -2.34. The average Bonchev–Trinajstić information content (AvgIpc) is 2.83. The summed E-state index contributed by atoms with van der Waals surface area (Å²) in [6, 6.07) is 14.2. The average molecular weight is 503 g/mol. The van der Waals surface area contributed by atoms with Crippen LogP contribution in [0.1, 0.15) is 43.4 Å². The van der Waals surface area contributed by atoms with E-state index in [0.717, 1.165) is 31.7 Å². The van der Waals surface area contributed by atoms with Gasteiger partial charge in [-0.1, -0.05) is 56.3 Å². The van der Waals surface area contributed by atoms with Gasteiger partial charge in [0, 0.05) is 27.2 Å². The van der Waals surface area contributed by atoms with E-state index in [2.05, 4.69) is 5.32 Å². The Morgan fingerprint density at radius 2 is 1.66 bits per heavy atom. The molecule has 1 N–H and O–H groups in total. The van der Waals surface area contributed by atoms with Crippen LogP contribution in [0, 0.1) is 13.8 Å². The Labute approximate surface area is 210 Å². The Kier molecular flexibility index (Phi) is 10.3.